The number of carboxylic acids is 1. The standard InChI is InChI=1S/C14H10ClFN2O3S/c15-8-3-4-11(10(16)6-8)18-12(19)7-22-13-9(14(20)21)2-1-5-17-13/h1-6H,7H2,(H,18,19)(H,20,21). The fourth-order valence-electron chi connectivity index (χ4n) is 1.58. The molecule has 0 saturated heterocycles. The molecule has 8 heteroatoms. The second-order valence-electron chi connectivity index (χ2n) is 4.12. The van der Waals surface area contributed by atoms with Crippen LogP contribution < -0.4 is 5.32 Å². The molecule has 0 atom stereocenters. The van der Waals surface area contributed by atoms with Gasteiger partial charge in [-0.05, 0) is 30.3 Å². The monoisotopic (exact) mass is 340 g/mol. The highest BCUT2D eigenvalue weighted by Gasteiger charge is 2.13. The van der Waals surface area contributed by atoms with Crippen molar-refractivity contribution in [3.63, 3.8) is 0 Å². The summed E-state index contributed by atoms with van der Waals surface area (Å²) in [6.45, 7) is 0. The van der Waals surface area contributed by atoms with Gasteiger partial charge in [-0.3, -0.25) is 4.79 Å². The van der Waals surface area contributed by atoms with Gasteiger partial charge in [0.05, 0.1) is 17.0 Å². The van der Waals surface area contributed by atoms with Crippen LogP contribution in [0.3, 0.4) is 0 Å². The molecule has 22 heavy (non-hydrogen) atoms. The molecular formula is C14H10ClFN2O3S. The number of nitrogens with zero attached hydrogens (tertiary/aromatic N) is 1. The third-order valence-electron chi connectivity index (χ3n) is 2.55. The quantitative estimate of drug-likeness (QED) is 0.816. The van der Waals surface area contributed by atoms with E-state index in [1.54, 1.807) is 0 Å². The second kappa shape index (κ2) is 7.24. The van der Waals surface area contributed by atoms with Gasteiger partial charge in [0.25, 0.3) is 0 Å². The highest BCUT2D eigenvalue weighted by molar-refractivity contribution is 8.00. The first-order chi connectivity index (χ1) is 10.5. The predicted octanol–water partition coefficient (Wildman–Crippen LogP) is 3.30. The zero-order chi connectivity index (χ0) is 16.1. The average Bonchev–Trinajstić information content (AvgIpc) is 2.48. The van der Waals surface area contributed by atoms with Crippen molar-refractivity contribution < 1.29 is 19.1 Å². The molecule has 0 unspecified atom stereocenters. The van der Waals surface area contributed by atoms with E-state index >= 15 is 0 Å². The zero-order valence-corrected chi connectivity index (χ0v) is 12.6. The number of amides is 1. The van der Waals surface area contributed by atoms with Crippen LogP contribution in [-0.4, -0.2) is 27.7 Å². The maximum atomic E-state index is 13.5. The lowest BCUT2D eigenvalue weighted by Gasteiger charge is -2.07. The van der Waals surface area contributed by atoms with Crippen LogP contribution in [0, 0.1) is 5.82 Å². The van der Waals surface area contributed by atoms with Crippen molar-refractivity contribution in [3.05, 3.63) is 52.9 Å². The number of pyridine rings is 1. The molecule has 0 bridgehead atoms. The molecule has 114 valence electrons. The molecule has 1 aromatic carbocycles. The average molecular weight is 341 g/mol. The molecule has 0 aliphatic rings. The van der Waals surface area contributed by atoms with Crippen LogP contribution in [0.5, 0.6) is 0 Å². The number of carboxylic acid groups (broad SMARTS) is 1. The highest BCUT2D eigenvalue weighted by atomic mass is 35.5. The first-order valence-corrected chi connectivity index (χ1v) is 7.39. The molecule has 0 spiro atoms. The summed E-state index contributed by atoms with van der Waals surface area (Å²) >= 11 is 6.58. The van der Waals surface area contributed by atoms with Crippen molar-refractivity contribution in [2.75, 3.05) is 11.1 Å². The largest absolute Gasteiger partial charge is 0.478 e. The molecule has 1 aromatic heterocycles. The Morgan fingerprint density at radius 1 is 1.36 bits per heavy atom. The number of benzene rings is 1. The number of thioether (sulfide) groups is 1. The van der Waals surface area contributed by atoms with E-state index in [0.29, 0.717) is 0 Å². The Hall–Kier alpha value is -2.12. The van der Waals surface area contributed by atoms with Gasteiger partial charge in [-0.2, -0.15) is 0 Å². The van der Waals surface area contributed by atoms with E-state index in [2.05, 4.69) is 10.3 Å². The summed E-state index contributed by atoms with van der Waals surface area (Å²) in [6.07, 6.45) is 1.44. The number of anilines is 1. The molecule has 1 heterocycles. The fourth-order valence-corrected chi connectivity index (χ4v) is 2.52. The van der Waals surface area contributed by atoms with Crippen molar-refractivity contribution in [2.24, 2.45) is 0 Å². The Balaban J connectivity index is 2.00. The molecule has 0 fully saturated rings. The number of nitrogens with one attached hydrogen (secondary N) is 1. The third-order valence-corrected chi connectivity index (χ3v) is 3.79. The van der Waals surface area contributed by atoms with Crippen molar-refractivity contribution in [2.45, 2.75) is 5.03 Å². The fraction of sp³-hybridized carbons (Fsp3) is 0.0714. The van der Waals surface area contributed by atoms with Gasteiger partial charge >= 0.3 is 5.97 Å². The third kappa shape index (κ3) is 4.19. The van der Waals surface area contributed by atoms with Crippen molar-refractivity contribution in [1.82, 2.24) is 4.98 Å². The SMILES string of the molecule is O=C(CSc1ncccc1C(=O)O)Nc1ccc(Cl)cc1F. The molecule has 2 rings (SSSR count). The molecule has 0 saturated carbocycles. The number of hydrogen-bond donors (Lipinski definition) is 2. The van der Waals surface area contributed by atoms with Crippen molar-refractivity contribution in [1.29, 1.82) is 0 Å². The van der Waals surface area contributed by atoms with Crippen LogP contribution in [0.2, 0.25) is 5.02 Å². The summed E-state index contributed by atoms with van der Waals surface area (Å²) in [5, 5.41) is 11.9. The van der Waals surface area contributed by atoms with Gasteiger partial charge in [-0.1, -0.05) is 23.4 Å². The Morgan fingerprint density at radius 2 is 2.14 bits per heavy atom. The lowest BCUT2D eigenvalue weighted by atomic mass is 10.3. The van der Waals surface area contributed by atoms with Gasteiger partial charge in [0.2, 0.25) is 5.91 Å². The zero-order valence-electron chi connectivity index (χ0n) is 11.0. The predicted molar refractivity (Wildman–Crippen MR) is 82.0 cm³/mol. The summed E-state index contributed by atoms with van der Waals surface area (Å²) in [5.74, 6) is -2.35. The minimum Gasteiger partial charge on any atom is -0.478 e. The van der Waals surface area contributed by atoms with Gasteiger partial charge in [0, 0.05) is 11.2 Å². The number of halogens is 2. The summed E-state index contributed by atoms with van der Waals surface area (Å²) in [5.41, 5.74) is 0.0208. The number of carbonyl (C=O) groups excluding carboxylic acids is 1. The van der Waals surface area contributed by atoms with E-state index in [1.165, 1.54) is 30.5 Å². The Morgan fingerprint density at radius 3 is 2.82 bits per heavy atom. The van der Waals surface area contributed by atoms with E-state index in [-0.39, 0.29) is 27.1 Å². The maximum Gasteiger partial charge on any atom is 0.338 e. The Bertz CT molecular complexity index is 727. The van der Waals surface area contributed by atoms with Crippen LogP contribution in [-0.2, 0) is 4.79 Å². The van der Waals surface area contributed by atoms with Crippen LogP contribution in [0.25, 0.3) is 0 Å². The van der Waals surface area contributed by atoms with Crippen molar-refractivity contribution >= 4 is 40.9 Å². The Kier molecular flexibility index (Phi) is 5.35. The number of hydrogen-bond acceptors (Lipinski definition) is 4. The summed E-state index contributed by atoms with van der Waals surface area (Å²) in [7, 11) is 0. The normalized spacial score (nSPS) is 10.3. The molecule has 0 radical (unpaired) electrons. The van der Waals surface area contributed by atoms with E-state index in [9.17, 15) is 14.0 Å². The van der Waals surface area contributed by atoms with Gasteiger partial charge in [-0.25, -0.2) is 14.2 Å². The van der Waals surface area contributed by atoms with E-state index < -0.39 is 17.7 Å². The lowest BCUT2D eigenvalue weighted by molar-refractivity contribution is -0.113. The minimum atomic E-state index is -1.13. The number of rotatable bonds is 5. The maximum absolute atomic E-state index is 13.5. The van der Waals surface area contributed by atoms with Crippen molar-refractivity contribution in [3.8, 4) is 0 Å². The summed E-state index contributed by atoms with van der Waals surface area (Å²) in [4.78, 5) is 26.7. The lowest BCUT2D eigenvalue weighted by Crippen LogP contribution is -2.15. The molecule has 2 N–H and O–H groups in total. The number of aromatic nitrogens is 1. The first kappa shape index (κ1) is 16.3. The number of carbonyl (C=O) groups is 2. The van der Waals surface area contributed by atoms with Crippen LogP contribution in [0.1, 0.15) is 10.4 Å². The number of aromatic carboxylic acids is 1. The van der Waals surface area contributed by atoms with Gasteiger partial charge in [0.1, 0.15) is 10.8 Å². The summed E-state index contributed by atoms with van der Waals surface area (Å²) in [6, 6.07) is 6.79. The smallest absolute Gasteiger partial charge is 0.338 e. The summed E-state index contributed by atoms with van der Waals surface area (Å²) < 4.78 is 13.5. The second-order valence-corrected chi connectivity index (χ2v) is 5.52. The van der Waals surface area contributed by atoms with Crippen LogP contribution in [0.15, 0.2) is 41.6 Å². The highest BCUT2D eigenvalue weighted by Crippen LogP contribution is 2.22. The molecule has 1 amide bonds. The van der Waals surface area contributed by atoms with Crippen LogP contribution >= 0.6 is 23.4 Å². The molecule has 0 aliphatic carbocycles. The van der Waals surface area contributed by atoms with Gasteiger partial charge < -0.3 is 10.4 Å². The molecule has 0 aliphatic heterocycles. The van der Waals surface area contributed by atoms with E-state index in [0.717, 1.165) is 17.8 Å². The minimum absolute atomic E-state index is 0.00878. The van der Waals surface area contributed by atoms with E-state index in [4.69, 9.17) is 16.7 Å². The van der Waals surface area contributed by atoms with Gasteiger partial charge in [-0.15, -0.1) is 0 Å². The van der Waals surface area contributed by atoms with E-state index in [1.807, 2.05) is 0 Å². The molecule has 2 aromatic rings. The van der Waals surface area contributed by atoms with Gasteiger partial charge in [0.15, 0.2) is 0 Å². The van der Waals surface area contributed by atoms with Crippen LogP contribution in [0.4, 0.5) is 10.1 Å². The molecular weight excluding hydrogens is 331 g/mol. The molecule has 5 nitrogen and oxygen atoms in total. The first-order valence-electron chi connectivity index (χ1n) is 6.03. The Labute approximate surface area is 134 Å². The topological polar surface area (TPSA) is 79.3 Å².